The maximum absolute atomic E-state index is 5.98. The van der Waals surface area contributed by atoms with Crippen LogP contribution in [0.2, 0.25) is 0 Å². The van der Waals surface area contributed by atoms with Gasteiger partial charge in [0.2, 0.25) is 0 Å². The molecule has 2 N–H and O–H groups in total. The Hall–Kier alpha value is -0.380. The molecule has 98 valence electrons. The molecular weight excluding hydrogens is 228 g/mol. The van der Waals surface area contributed by atoms with Crippen LogP contribution in [-0.2, 0) is 6.42 Å². The maximum atomic E-state index is 5.98. The molecule has 0 saturated carbocycles. The monoisotopic (exact) mass is 254 g/mol. The molecule has 0 saturated heterocycles. The second kappa shape index (κ2) is 6.53. The minimum Gasteiger partial charge on any atom is -0.326 e. The lowest BCUT2D eigenvalue weighted by Crippen LogP contribution is -2.33. The van der Waals surface area contributed by atoms with E-state index >= 15 is 0 Å². The number of nitrogens with two attached hydrogens (primary N) is 1. The smallest absolute Gasteiger partial charge is 0.00975 e. The molecule has 0 fully saturated rings. The fourth-order valence-electron chi connectivity index (χ4n) is 1.87. The predicted octanol–water partition coefficient (Wildman–Crippen LogP) is 3.05. The number of thiophene rings is 1. The third-order valence-corrected chi connectivity index (χ3v) is 4.13. The normalized spacial score (nSPS) is 12.4. The van der Waals surface area contributed by atoms with Crippen LogP contribution in [0.15, 0.2) is 11.4 Å². The molecular formula is C14H26N2S. The highest BCUT2D eigenvalue weighted by molar-refractivity contribution is 7.10. The van der Waals surface area contributed by atoms with Crippen molar-refractivity contribution < 1.29 is 0 Å². The minimum absolute atomic E-state index is 0.0226. The van der Waals surface area contributed by atoms with E-state index in [9.17, 15) is 0 Å². The van der Waals surface area contributed by atoms with Crippen molar-refractivity contribution in [2.75, 3.05) is 20.1 Å². The van der Waals surface area contributed by atoms with Crippen molar-refractivity contribution in [1.29, 1.82) is 0 Å². The lowest BCUT2D eigenvalue weighted by atomic mass is 10.00. The first-order valence-electron chi connectivity index (χ1n) is 6.39. The van der Waals surface area contributed by atoms with E-state index in [1.807, 2.05) is 11.3 Å². The highest BCUT2D eigenvalue weighted by Gasteiger charge is 2.10. The molecule has 1 aromatic heterocycles. The number of rotatable bonds is 7. The molecule has 0 amide bonds. The SMILES string of the molecule is Cc1ccsc1CCN(C)CCCC(C)(C)N. The van der Waals surface area contributed by atoms with Gasteiger partial charge in [0.25, 0.3) is 0 Å². The average Bonchev–Trinajstić information content (AvgIpc) is 2.59. The number of hydrogen-bond donors (Lipinski definition) is 1. The molecule has 3 heteroatoms. The molecule has 0 aliphatic rings. The van der Waals surface area contributed by atoms with Crippen molar-refractivity contribution in [3.63, 3.8) is 0 Å². The van der Waals surface area contributed by atoms with Gasteiger partial charge in [0.15, 0.2) is 0 Å². The molecule has 0 unspecified atom stereocenters. The topological polar surface area (TPSA) is 29.3 Å². The Morgan fingerprint density at radius 1 is 1.35 bits per heavy atom. The van der Waals surface area contributed by atoms with Crippen LogP contribution >= 0.6 is 11.3 Å². The van der Waals surface area contributed by atoms with Gasteiger partial charge in [0.1, 0.15) is 0 Å². The number of nitrogens with zero attached hydrogens (tertiary/aromatic N) is 1. The maximum Gasteiger partial charge on any atom is 0.00975 e. The van der Waals surface area contributed by atoms with Crippen LogP contribution in [0.3, 0.4) is 0 Å². The van der Waals surface area contributed by atoms with E-state index in [0.717, 1.165) is 19.5 Å². The van der Waals surface area contributed by atoms with Gasteiger partial charge in [-0.3, -0.25) is 0 Å². The van der Waals surface area contributed by atoms with Crippen molar-refractivity contribution in [3.8, 4) is 0 Å². The average molecular weight is 254 g/mol. The van der Waals surface area contributed by atoms with Gasteiger partial charge in [0, 0.05) is 17.0 Å². The summed E-state index contributed by atoms with van der Waals surface area (Å²) >= 11 is 1.87. The molecule has 0 spiro atoms. The van der Waals surface area contributed by atoms with Crippen LogP contribution in [0.4, 0.5) is 0 Å². The van der Waals surface area contributed by atoms with Crippen molar-refractivity contribution >= 4 is 11.3 Å². The zero-order valence-electron chi connectivity index (χ0n) is 11.6. The van der Waals surface area contributed by atoms with Crippen molar-refractivity contribution in [2.24, 2.45) is 5.73 Å². The van der Waals surface area contributed by atoms with E-state index < -0.39 is 0 Å². The molecule has 0 aromatic carbocycles. The summed E-state index contributed by atoms with van der Waals surface area (Å²) in [6, 6.07) is 2.21. The van der Waals surface area contributed by atoms with Crippen LogP contribution < -0.4 is 5.73 Å². The highest BCUT2D eigenvalue weighted by Crippen LogP contribution is 2.16. The van der Waals surface area contributed by atoms with Crippen LogP contribution in [0.5, 0.6) is 0 Å². The van der Waals surface area contributed by atoms with Crippen LogP contribution in [-0.4, -0.2) is 30.6 Å². The van der Waals surface area contributed by atoms with Crippen molar-refractivity contribution in [2.45, 2.75) is 45.6 Å². The standard InChI is InChI=1S/C14H26N2S/c1-12-7-11-17-13(12)6-10-16(4)9-5-8-14(2,3)15/h7,11H,5-6,8-10,15H2,1-4H3. The van der Waals surface area contributed by atoms with E-state index in [4.69, 9.17) is 5.73 Å². The predicted molar refractivity (Wildman–Crippen MR) is 77.8 cm³/mol. The summed E-state index contributed by atoms with van der Waals surface area (Å²) in [6.07, 6.45) is 3.45. The zero-order valence-corrected chi connectivity index (χ0v) is 12.4. The van der Waals surface area contributed by atoms with Gasteiger partial charge < -0.3 is 10.6 Å². The molecule has 0 bridgehead atoms. The Bertz CT molecular complexity index is 325. The summed E-state index contributed by atoms with van der Waals surface area (Å²) in [6.45, 7) is 8.68. The molecule has 2 nitrogen and oxygen atoms in total. The van der Waals surface area contributed by atoms with Crippen LogP contribution in [0, 0.1) is 6.92 Å². The van der Waals surface area contributed by atoms with Gasteiger partial charge in [-0.25, -0.2) is 0 Å². The van der Waals surface area contributed by atoms with E-state index in [0.29, 0.717) is 0 Å². The second-order valence-corrected chi connectivity index (χ2v) is 6.67. The second-order valence-electron chi connectivity index (χ2n) is 5.67. The van der Waals surface area contributed by atoms with E-state index in [1.54, 1.807) is 0 Å². The summed E-state index contributed by atoms with van der Waals surface area (Å²) in [4.78, 5) is 3.93. The molecule has 0 atom stereocenters. The quantitative estimate of drug-likeness (QED) is 0.810. The Balaban J connectivity index is 2.18. The Labute approximate surface area is 110 Å². The highest BCUT2D eigenvalue weighted by atomic mass is 32.1. The van der Waals surface area contributed by atoms with E-state index in [-0.39, 0.29) is 5.54 Å². The summed E-state index contributed by atoms with van der Waals surface area (Å²) in [5, 5.41) is 2.18. The van der Waals surface area contributed by atoms with Gasteiger partial charge in [-0.2, -0.15) is 0 Å². The number of aryl methyl sites for hydroxylation is 1. The van der Waals surface area contributed by atoms with E-state index in [2.05, 4.69) is 44.2 Å². The summed E-state index contributed by atoms with van der Waals surface area (Å²) in [5.41, 5.74) is 7.39. The van der Waals surface area contributed by atoms with Gasteiger partial charge in [0.05, 0.1) is 0 Å². The first-order valence-corrected chi connectivity index (χ1v) is 7.27. The Morgan fingerprint density at radius 3 is 2.59 bits per heavy atom. The first kappa shape index (κ1) is 14.7. The third kappa shape index (κ3) is 6.20. The van der Waals surface area contributed by atoms with Gasteiger partial charge in [-0.15, -0.1) is 11.3 Å². The van der Waals surface area contributed by atoms with Gasteiger partial charge >= 0.3 is 0 Å². The van der Waals surface area contributed by atoms with Gasteiger partial charge in [-0.05, 0) is 70.6 Å². The lowest BCUT2D eigenvalue weighted by molar-refractivity contribution is 0.313. The van der Waals surface area contributed by atoms with Gasteiger partial charge in [-0.1, -0.05) is 0 Å². The molecule has 1 heterocycles. The third-order valence-electron chi connectivity index (χ3n) is 3.05. The summed E-state index contributed by atoms with van der Waals surface area (Å²) < 4.78 is 0. The summed E-state index contributed by atoms with van der Waals surface area (Å²) in [7, 11) is 2.20. The lowest BCUT2D eigenvalue weighted by Gasteiger charge is -2.21. The molecule has 17 heavy (non-hydrogen) atoms. The molecule has 0 aliphatic carbocycles. The van der Waals surface area contributed by atoms with Crippen molar-refractivity contribution in [3.05, 3.63) is 21.9 Å². The van der Waals surface area contributed by atoms with Crippen LogP contribution in [0.25, 0.3) is 0 Å². The fourth-order valence-corrected chi connectivity index (χ4v) is 2.77. The number of hydrogen-bond acceptors (Lipinski definition) is 3. The van der Waals surface area contributed by atoms with E-state index in [1.165, 1.54) is 23.3 Å². The molecule has 0 aliphatic heterocycles. The molecule has 1 aromatic rings. The van der Waals surface area contributed by atoms with Crippen molar-refractivity contribution in [1.82, 2.24) is 4.90 Å². The Morgan fingerprint density at radius 2 is 2.06 bits per heavy atom. The fraction of sp³-hybridized carbons (Fsp3) is 0.714. The minimum atomic E-state index is -0.0226. The summed E-state index contributed by atoms with van der Waals surface area (Å²) in [5.74, 6) is 0. The largest absolute Gasteiger partial charge is 0.326 e. The first-order chi connectivity index (χ1) is 7.88. The van der Waals surface area contributed by atoms with Crippen LogP contribution in [0.1, 0.15) is 37.1 Å². The zero-order chi connectivity index (χ0) is 12.9. The Kier molecular flexibility index (Phi) is 5.63. The molecule has 1 rings (SSSR count). The molecule has 0 radical (unpaired) electrons. The number of likely N-dealkylation sites (N-methyl/N-ethyl adjacent to an activating group) is 1.